The summed E-state index contributed by atoms with van der Waals surface area (Å²) in [5.74, 6) is -0.414. The van der Waals surface area contributed by atoms with Crippen molar-refractivity contribution in [2.24, 2.45) is 0 Å². The molecule has 0 bridgehead atoms. The molecule has 130 valence electrons. The summed E-state index contributed by atoms with van der Waals surface area (Å²) in [5, 5.41) is 0. The minimum Gasteiger partial charge on any atom is -0.468 e. The summed E-state index contributed by atoms with van der Waals surface area (Å²) < 4.78 is 4.64. The average Bonchev–Trinajstić information content (AvgIpc) is 2.98. The maximum Gasteiger partial charge on any atom is 0.325 e. The van der Waals surface area contributed by atoms with E-state index in [-0.39, 0.29) is 30.8 Å². The number of anilines is 1. The van der Waals surface area contributed by atoms with E-state index in [4.69, 9.17) is 0 Å². The molecular formula is C18H24N2O4. The first-order valence-corrected chi connectivity index (χ1v) is 8.18. The first kappa shape index (κ1) is 18.0. The SMILES string of the molecule is COC(=O)CN(C(=O)Cc1ccc(N2CCCC2=O)cc1)C(C)C. The third-order valence-electron chi connectivity index (χ3n) is 4.15. The number of carbonyl (C=O) groups is 3. The van der Waals surface area contributed by atoms with E-state index in [1.807, 2.05) is 38.1 Å². The quantitative estimate of drug-likeness (QED) is 0.745. The van der Waals surface area contributed by atoms with Crippen LogP contribution in [0.3, 0.4) is 0 Å². The molecule has 1 aromatic carbocycles. The van der Waals surface area contributed by atoms with Crippen LogP contribution in [-0.2, 0) is 25.5 Å². The monoisotopic (exact) mass is 332 g/mol. The zero-order valence-corrected chi connectivity index (χ0v) is 14.4. The van der Waals surface area contributed by atoms with E-state index in [0.717, 1.165) is 24.2 Å². The lowest BCUT2D eigenvalue weighted by Gasteiger charge is -2.25. The fourth-order valence-corrected chi connectivity index (χ4v) is 2.75. The van der Waals surface area contributed by atoms with Gasteiger partial charge in [-0.3, -0.25) is 14.4 Å². The summed E-state index contributed by atoms with van der Waals surface area (Å²) in [7, 11) is 1.31. The zero-order chi connectivity index (χ0) is 17.7. The highest BCUT2D eigenvalue weighted by Crippen LogP contribution is 2.22. The Morgan fingerprint density at radius 3 is 2.42 bits per heavy atom. The highest BCUT2D eigenvalue weighted by molar-refractivity contribution is 5.95. The van der Waals surface area contributed by atoms with E-state index in [1.54, 1.807) is 4.90 Å². The number of carbonyl (C=O) groups excluding carboxylic acids is 3. The normalized spacial score (nSPS) is 14.2. The van der Waals surface area contributed by atoms with Gasteiger partial charge in [-0.25, -0.2) is 0 Å². The van der Waals surface area contributed by atoms with Gasteiger partial charge in [0.05, 0.1) is 13.5 Å². The first-order chi connectivity index (χ1) is 11.4. The van der Waals surface area contributed by atoms with Crippen LogP contribution in [0.25, 0.3) is 0 Å². The highest BCUT2D eigenvalue weighted by Gasteiger charge is 2.23. The molecule has 1 heterocycles. The Bertz CT molecular complexity index is 610. The van der Waals surface area contributed by atoms with Gasteiger partial charge in [-0.15, -0.1) is 0 Å². The second kappa shape index (κ2) is 7.95. The molecule has 2 amide bonds. The third-order valence-corrected chi connectivity index (χ3v) is 4.15. The van der Waals surface area contributed by atoms with Crippen molar-refractivity contribution in [3.05, 3.63) is 29.8 Å². The molecule has 6 heteroatoms. The lowest BCUT2D eigenvalue weighted by atomic mass is 10.1. The summed E-state index contributed by atoms with van der Waals surface area (Å²) in [5.41, 5.74) is 1.72. The van der Waals surface area contributed by atoms with Crippen molar-refractivity contribution >= 4 is 23.5 Å². The van der Waals surface area contributed by atoms with Crippen LogP contribution in [-0.4, -0.2) is 48.9 Å². The van der Waals surface area contributed by atoms with Crippen LogP contribution < -0.4 is 4.90 Å². The maximum absolute atomic E-state index is 12.5. The van der Waals surface area contributed by atoms with Crippen molar-refractivity contribution < 1.29 is 19.1 Å². The van der Waals surface area contributed by atoms with Crippen LogP contribution in [0, 0.1) is 0 Å². The second-order valence-corrected chi connectivity index (χ2v) is 6.18. The van der Waals surface area contributed by atoms with Gasteiger partial charge < -0.3 is 14.5 Å². The Morgan fingerprint density at radius 1 is 1.25 bits per heavy atom. The Kier molecular flexibility index (Phi) is 5.95. The van der Waals surface area contributed by atoms with Gasteiger partial charge in [0, 0.05) is 24.7 Å². The zero-order valence-electron chi connectivity index (χ0n) is 14.4. The summed E-state index contributed by atoms with van der Waals surface area (Å²) in [6.07, 6.45) is 1.69. The van der Waals surface area contributed by atoms with Crippen molar-refractivity contribution in [3.63, 3.8) is 0 Å². The standard InChI is InChI=1S/C18H24N2O4/c1-13(2)20(12-18(23)24-3)17(22)11-14-6-8-15(9-7-14)19-10-4-5-16(19)21/h6-9,13H,4-5,10-12H2,1-3H3. The molecular weight excluding hydrogens is 308 g/mol. The maximum atomic E-state index is 12.5. The van der Waals surface area contributed by atoms with E-state index in [9.17, 15) is 14.4 Å². The predicted octanol–water partition coefficient (Wildman–Crippen LogP) is 1.77. The molecule has 0 aliphatic carbocycles. The summed E-state index contributed by atoms with van der Waals surface area (Å²) in [6.45, 7) is 4.43. The Balaban J connectivity index is 2.02. The summed E-state index contributed by atoms with van der Waals surface area (Å²) >= 11 is 0. The Hall–Kier alpha value is -2.37. The van der Waals surface area contributed by atoms with Gasteiger partial charge in [0.15, 0.2) is 0 Å². The number of hydrogen-bond acceptors (Lipinski definition) is 4. The van der Waals surface area contributed by atoms with Gasteiger partial charge in [-0.1, -0.05) is 12.1 Å². The van der Waals surface area contributed by atoms with Crippen LogP contribution in [0.15, 0.2) is 24.3 Å². The molecule has 0 saturated carbocycles. The molecule has 24 heavy (non-hydrogen) atoms. The number of amides is 2. The predicted molar refractivity (Wildman–Crippen MR) is 90.6 cm³/mol. The largest absolute Gasteiger partial charge is 0.468 e. The van der Waals surface area contributed by atoms with Crippen LogP contribution in [0.2, 0.25) is 0 Å². The molecule has 6 nitrogen and oxygen atoms in total. The third kappa shape index (κ3) is 4.34. The Labute approximate surface area is 142 Å². The fraction of sp³-hybridized carbons (Fsp3) is 0.500. The van der Waals surface area contributed by atoms with E-state index < -0.39 is 5.97 Å². The van der Waals surface area contributed by atoms with Gasteiger partial charge in [0.2, 0.25) is 11.8 Å². The molecule has 0 radical (unpaired) electrons. The molecule has 0 unspecified atom stereocenters. The van der Waals surface area contributed by atoms with Crippen molar-refractivity contribution in [1.29, 1.82) is 0 Å². The molecule has 0 atom stereocenters. The second-order valence-electron chi connectivity index (χ2n) is 6.18. The van der Waals surface area contributed by atoms with E-state index in [2.05, 4.69) is 4.74 Å². The van der Waals surface area contributed by atoms with Gasteiger partial charge in [0.25, 0.3) is 0 Å². The molecule has 0 N–H and O–H groups in total. The summed E-state index contributed by atoms with van der Waals surface area (Å²) in [4.78, 5) is 38.9. The minimum atomic E-state index is -0.431. The molecule has 1 saturated heterocycles. The van der Waals surface area contributed by atoms with Gasteiger partial charge >= 0.3 is 5.97 Å². The van der Waals surface area contributed by atoms with Crippen molar-refractivity contribution in [1.82, 2.24) is 4.90 Å². The topological polar surface area (TPSA) is 66.9 Å². The molecule has 1 aliphatic rings. The van der Waals surface area contributed by atoms with Crippen molar-refractivity contribution in [3.8, 4) is 0 Å². The summed E-state index contributed by atoms with van der Waals surface area (Å²) in [6, 6.07) is 7.36. The van der Waals surface area contributed by atoms with E-state index in [0.29, 0.717) is 6.42 Å². The average molecular weight is 332 g/mol. The lowest BCUT2D eigenvalue weighted by molar-refractivity contribution is -0.148. The number of benzene rings is 1. The first-order valence-electron chi connectivity index (χ1n) is 8.18. The number of methoxy groups -OCH3 is 1. The highest BCUT2D eigenvalue weighted by atomic mass is 16.5. The van der Waals surface area contributed by atoms with Gasteiger partial charge in [-0.2, -0.15) is 0 Å². The van der Waals surface area contributed by atoms with E-state index >= 15 is 0 Å². The molecule has 2 rings (SSSR count). The van der Waals surface area contributed by atoms with Crippen LogP contribution in [0.4, 0.5) is 5.69 Å². The molecule has 1 fully saturated rings. The van der Waals surface area contributed by atoms with Crippen molar-refractivity contribution in [2.45, 2.75) is 39.2 Å². The number of rotatable bonds is 6. The molecule has 1 aromatic rings. The van der Waals surface area contributed by atoms with Crippen LogP contribution in [0.1, 0.15) is 32.3 Å². The van der Waals surface area contributed by atoms with Gasteiger partial charge in [0.1, 0.15) is 6.54 Å². The number of ether oxygens (including phenoxy) is 1. The minimum absolute atomic E-state index is 0.0483. The Morgan fingerprint density at radius 2 is 1.92 bits per heavy atom. The molecule has 1 aliphatic heterocycles. The number of hydrogen-bond donors (Lipinski definition) is 0. The van der Waals surface area contributed by atoms with E-state index in [1.165, 1.54) is 12.0 Å². The molecule has 0 spiro atoms. The van der Waals surface area contributed by atoms with Gasteiger partial charge in [-0.05, 0) is 38.0 Å². The van der Waals surface area contributed by atoms with Crippen LogP contribution >= 0.6 is 0 Å². The molecule has 0 aromatic heterocycles. The lowest BCUT2D eigenvalue weighted by Crippen LogP contribution is -2.41. The number of esters is 1. The van der Waals surface area contributed by atoms with Crippen LogP contribution in [0.5, 0.6) is 0 Å². The fourth-order valence-electron chi connectivity index (χ4n) is 2.75. The smallest absolute Gasteiger partial charge is 0.325 e. The van der Waals surface area contributed by atoms with Crippen molar-refractivity contribution in [2.75, 3.05) is 25.1 Å². The number of nitrogens with zero attached hydrogens (tertiary/aromatic N) is 2.